The highest BCUT2D eigenvalue weighted by Gasteiger charge is 2.20. The monoisotopic (exact) mass is 763 g/mol. The maximum atomic E-state index is 13.1. The standard InChI is InChI=1S/C45H47Cl2N3O4/c1-32(2)38-11-15-40(16-12-38)52-26-20-34-4-6-36(7-5-34)31-49-22-24-50(25-23-49)44(51)19-10-37-28-33(3)45(42(47)29-37)54-43-18-17-41(30-48-43)53-27-21-35-8-13-39(46)14-9-35/h4-19,28-30,32H,20-27,31H2,1-3H3/b19-10+. The summed E-state index contributed by atoms with van der Waals surface area (Å²) in [5.41, 5.74) is 6.65. The molecule has 1 aliphatic rings. The molecule has 2 heterocycles. The average molecular weight is 765 g/mol. The zero-order valence-electron chi connectivity index (χ0n) is 31.1. The van der Waals surface area contributed by atoms with Crippen LogP contribution in [0.15, 0.2) is 109 Å². The Morgan fingerprint density at radius 2 is 1.39 bits per heavy atom. The van der Waals surface area contributed by atoms with Crippen LogP contribution in [0.1, 0.15) is 53.1 Å². The van der Waals surface area contributed by atoms with Gasteiger partial charge < -0.3 is 19.1 Å². The summed E-state index contributed by atoms with van der Waals surface area (Å²) in [6, 6.07) is 32.2. The summed E-state index contributed by atoms with van der Waals surface area (Å²) in [7, 11) is 0. The summed E-state index contributed by atoms with van der Waals surface area (Å²) < 4.78 is 17.8. The molecule has 0 unspecified atom stereocenters. The van der Waals surface area contributed by atoms with Crippen molar-refractivity contribution in [2.75, 3.05) is 39.4 Å². The molecule has 1 fully saturated rings. The van der Waals surface area contributed by atoms with E-state index >= 15 is 0 Å². The van der Waals surface area contributed by atoms with Gasteiger partial charge in [-0.15, -0.1) is 0 Å². The molecule has 0 atom stereocenters. The van der Waals surface area contributed by atoms with Crippen molar-refractivity contribution in [1.82, 2.24) is 14.8 Å². The van der Waals surface area contributed by atoms with E-state index in [1.54, 1.807) is 30.5 Å². The molecule has 0 radical (unpaired) electrons. The number of rotatable bonds is 15. The van der Waals surface area contributed by atoms with E-state index in [0.29, 0.717) is 59.6 Å². The van der Waals surface area contributed by atoms with Gasteiger partial charge in [0.2, 0.25) is 11.8 Å². The van der Waals surface area contributed by atoms with E-state index in [1.165, 1.54) is 16.7 Å². The van der Waals surface area contributed by atoms with E-state index in [-0.39, 0.29) is 5.91 Å². The SMILES string of the molecule is Cc1cc(/C=C/C(=O)N2CCN(Cc3ccc(CCOc4ccc(C(C)C)cc4)cc3)CC2)cc(Cl)c1Oc1ccc(OCCc2ccc(Cl)cc2)cn1. The quantitative estimate of drug-likeness (QED) is 0.0990. The van der Waals surface area contributed by atoms with Crippen LogP contribution in [0, 0.1) is 6.92 Å². The summed E-state index contributed by atoms with van der Waals surface area (Å²) in [6.07, 6.45) is 6.68. The number of nitrogens with zero attached hydrogens (tertiary/aromatic N) is 3. The van der Waals surface area contributed by atoms with E-state index in [0.717, 1.165) is 54.9 Å². The fraction of sp³-hybridized carbons (Fsp3) is 0.289. The number of aryl methyl sites for hydroxylation is 1. The van der Waals surface area contributed by atoms with Crippen LogP contribution in [-0.2, 0) is 24.2 Å². The molecule has 0 saturated carbocycles. The van der Waals surface area contributed by atoms with Crippen LogP contribution in [0.4, 0.5) is 0 Å². The molecule has 1 amide bonds. The fourth-order valence-electron chi connectivity index (χ4n) is 6.24. The van der Waals surface area contributed by atoms with E-state index < -0.39 is 0 Å². The Morgan fingerprint density at radius 1 is 0.778 bits per heavy atom. The number of piperazine rings is 1. The predicted molar refractivity (Wildman–Crippen MR) is 218 cm³/mol. The first-order valence-electron chi connectivity index (χ1n) is 18.5. The van der Waals surface area contributed by atoms with Gasteiger partial charge in [0.15, 0.2) is 5.75 Å². The highest BCUT2D eigenvalue weighted by atomic mass is 35.5. The lowest BCUT2D eigenvalue weighted by molar-refractivity contribution is -0.127. The van der Waals surface area contributed by atoms with Crippen molar-refractivity contribution in [1.29, 1.82) is 0 Å². The maximum absolute atomic E-state index is 13.1. The van der Waals surface area contributed by atoms with Crippen LogP contribution in [0.3, 0.4) is 0 Å². The Balaban J connectivity index is 0.912. The molecule has 6 rings (SSSR count). The molecule has 1 aromatic heterocycles. The third kappa shape index (κ3) is 11.3. The van der Waals surface area contributed by atoms with Gasteiger partial charge in [0.05, 0.1) is 24.4 Å². The molecule has 0 spiro atoms. The molecule has 54 heavy (non-hydrogen) atoms. The topological polar surface area (TPSA) is 64.1 Å². The van der Waals surface area contributed by atoms with Gasteiger partial charge in [0, 0.05) is 62.7 Å². The Labute approximate surface area is 329 Å². The zero-order valence-corrected chi connectivity index (χ0v) is 32.7. The molecule has 0 bridgehead atoms. The lowest BCUT2D eigenvalue weighted by Gasteiger charge is -2.34. The van der Waals surface area contributed by atoms with Crippen molar-refractivity contribution in [3.8, 4) is 23.1 Å². The molecule has 280 valence electrons. The van der Waals surface area contributed by atoms with Gasteiger partial charge in [-0.05, 0) is 94.8 Å². The molecular weight excluding hydrogens is 717 g/mol. The second-order valence-electron chi connectivity index (χ2n) is 13.9. The molecular formula is C45H47Cl2N3O4. The van der Waals surface area contributed by atoms with Crippen molar-refractivity contribution < 1.29 is 19.0 Å². The summed E-state index contributed by atoms with van der Waals surface area (Å²) in [5.74, 6) is 3.00. The minimum absolute atomic E-state index is 0.00846. The third-order valence-corrected chi connectivity index (χ3v) is 10.0. The van der Waals surface area contributed by atoms with Crippen molar-refractivity contribution in [2.45, 2.75) is 46.1 Å². The van der Waals surface area contributed by atoms with Crippen molar-refractivity contribution in [3.05, 3.63) is 153 Å². The highest BCUT2D eigenvalue weighted by Crippen LogP contribution is 2.34. The van der Waals surface area contributed by atoms with Gasteiger partial charge in [-0.1, -0.05) is 85.6 Å². The van der Waals surface area contributed by atoms with Gasteiger partial charge in [-0.2, -0.15) is 0 Å². The van der Waals surface area contributed by atoms with E-state index in [4.69, 9.17) is 37.4 Å². The van der Waals surface area contributed by atoms with Crippen LogP contribution in [0.2, 0.25) is 10.0 Å². The van der Waals surface area contributed by atoms with Crippen LogP contribution in [-0.4, -0.2) is 60.1 Å². The maximum Gasteiger partial charge on any atom is 0.246 e. The number of halogens is 2. The van der Waals surface area contributed by atoms with Gasteiger partial charge in [0.1, 0.15) is 11.5 Å². The summed E-state index contributed by atoms with van der Waals surface area (Å²) in [6.45, 7) is 11.4. The largest absolute Gasteiger partial charge is 0.493 e. The van der Waals surface area contributed by atoms with Gasteiger partial charge in [-0.3, -0.25) is 9.69 Å². The molecule has 5 aromatic rings. The number of hydrogen-bond donors (Lipinski definition) is 0. The number of aromatic nitrogens is 1. The van der Waals surface area contributed by atoms with Crippen molar-refractivity contribution in [3.63, 3.8) is 0 Å². The first-order chi connectivity index (χ1) is 26.2. The van der Waals surface area contributed by atoms with E-state index in [1.807, 2.05) is 48.2 Å². The smallest absolute Gasteiger partial charge is 0.246 e. The fourth-order valence-corrected chi connectivity index (χ4v) is 6.68. The minimum atomic E-state index is -0.00846. The Kier molecular flexibility index (Phi) is 13.7. The van der Waals surface area contributed by atoms with Gasteiger partial charge >= 0.3 is 0 Å². The van der Waals surface area contributed by atoms with Crippen LogP contribution >= 0.6 is 23.2 Å². The molecule has 1 saturated heterocycles. The number of carbonyl (C=O) groups is 1. The molecule has 9 heteroatoms. The first-order valence-corrected chi connectivity index (χ1v) is 19.3. The zero-order chi connectivity index (χ0) is 37.9. The molecule has 7 nitrogen and oxygen atoms in total. The number of hydrogen-bond acceptors (Lipinski definition) is 6. The molecule has 0 N–H and O–H groups in total. The summed E-state index contributed by atoms with van der Waals surface area (Å²) in [4.78, 5) is 21.8. The van der Waals surface area contributed by atoms with Gasteiger partial charge in [0.25, 0.3) is 0 Å². The average Bonchev–Trinajstić information content (AvgIpc) is 3.18. The predicted octanol–water partition coefficient (Wildman–Crippen LogP) is 10.2. The Hall–Kier alpha value is -4.82. The third-order valence-electron chi connectivity index (χ3n) is 9.48. The summed E-state index contributed by atoms with van der Waals surface area (Å²) >= 11 is 12.6. The minimum Gasteiger partial charge on any atom is -0.493 e. The van der Waals surface area contributed by atoms with Crippen molar-refractivity contribution >= 4 is 35.2 Å². The normalized spacial score (nSPS) is 13.4. The second-order valence-corrected chi connectivity index (χ2v) is 14.7. The van der Waals surface area contributed by atoms with Crippen LogP contribution in [0.5, 0.6) is 23.1 Å². The van der Waals surface area contributed by atoms with E-state index in [9.17, 15) is 4.79 Å². The lowest BCUT2D eigenvalue weighted by atomic mass is 10.0. The van der Waals surface area contributed by atoms with Gasteiger partial charge in [-0.25, -0.2) is 4.98 Å². The van der Waals surface area contributed by atoms with Crippen LogP contribution < -0.4 is 14.2 Å². The molecule has 4 aromatic carbocycles. The Bertz CT molecular complexity index is 1970. The number of benzene rings is 4. The van der Waals surface area contributed by atoms with Crippen molar-refractivity contribution in [2.24, 2.45) is 0 Å². The second kappa shape index (κ2) is 19.0. The number of ether oxygens (including phenoxy) is 3. The van der Waals surface area contributed by atoms with E-state index in [2.05, 4.69) is 72.3 Å². The summed E-state index contributed by atoms with van der Waals surface area (Å²) in [5, 5.41) is 1.16. The molecule has 1 aliphatic heterocycles. The number of carbonyl (C=O) groups excluding carboxylic acids is 1. The number of pyridine rings is 1. The Morgan fingerprint density at radius 3 is 2.00 bits per heavy atom. The van der Waals surface area contributed by atoms with Crippen LogP contribution in [0.25, 0.3) is 6.08 Å². The first kappa shape index (κ1) is 38.9. The number of amides is 1. The lowest BCUT2D eigenvalue weighted by Crippen LogP contribution is -2.47. The molecule has 0 aliphatic carbocycles. The highest BCUT2D eigenvalue weighted by molar-refractivity contribution is 6.32.